The van der Waals surface area contributed by atoms with E-state index < -0.39 is 16.6 Å². The second kappa shape index (κ2) is 7.38. The monoisotopic (exact) mass is 432 g/mol. The van der Waals surface area contributed by atoms with Gasteiger partial charge in [0.15, 0.2) is 13.9 Å². The first-order valence-corrected chi connectivity index (χ1v) is 16.5. The lowest BCUT2D eigenvalue weighted by atomic mass is 9.99. The van der Waals surface area contributed by atoms with Gasteiger partial charge >= 0.3 is 0 Å². The summed E-state index contributed by atoms with van der Waals surface area (Å²) in [5, 5.41) is 4.60. The van der Waals surface area contributed by atoms with Crippen LogP contribution >= 0.6 is 0 Å². The van der Waals surface area contributed by atoms with Crippen LogP contribution in [-0.2, 0) is 9.32 Å². The van der Waals surface area contributed by atoms with Gasteiger partial charge in [0.25, 0.3) is 14.2 Å². The van der Waals surface area contributed by atoms with Crippen molar-refractivity contribution < 1.29 is 9.32 Å². The normalized spacial score (nSPS) is 17.3. The van der Waals surface area contributed by atoms with Crippen molar-refractivity contribution in [2.75, 3.05) is 4.57 Å². The van der Waals surface area contributed by atoms with Gasteiger partial charge in [0.1, 0.15) is 0 Å². The average Bonchev–Trinajstić information content (AvgIpc) is 2.81. The molecule has 29 heavy (non-hydrogen) atoms. The average molecular weight is 433 g/mol. The number of nitrogens with zero attached hydrogens (tertiary/aromatic N) is 2. The predicted octanol–water partition coefficient (Wildman–Crippen LogP) is 6.89. The SMILES string of the molecule is CC(C)c1ccc2c(c1)/C(=N/O[Si](C)(C)C(C)(C)C)C(=O)N2[Si](C)(C)C(C)(C)C. The van der Waals surface area contributed by atoms with Crippen molar-refractivity contribution in [3.05, 3.63) is 29.3 Å². The van der Waals surface area contributed by atoms with Crippen molar-refractivity contribution in [3.63, 3.8) is 0 Å². The molecule has 0 bridgehead atoms. The highest BCUT2D eigenvalue weighted by atomic mass is 28.4. The molecule has 1 aliphatic heterocycles. The third-order valence-corrected chi connectivity index (χ3v) is 16.5. The summed E-state index contributed by atoms with van der Waals surface area (Å²) in [6.07, 6.45) is 0. The largest absolute Gasteiger partial charge is 0.454 e. The minimum absolute atomic E-state index is 0.00814. The molecule has 6 heteroatoms. The van der Waals surface area contributed by atoms with E-state index in [1.807, 2.05) is 0 Å². The summed E-state index contributed by atoms with van der Waals surface area (Å²) >= 11 is 0. The lowest BCUT2D eigenvalue weighted by Crippen LogP contribution is -2.57. The van der Waals surface area contributed by atoms with E-state index in [1.165, 1.54) is 5.56 Å². The van der Waals surface area contributed by atoms with Crippen molar-refractivity contribution in [1.29, 1.82) is 0 Å². The Kier molecular flexibility index (Phi) is 6.07. The first kappa shape index (κ1) is 23.9. The van der Waals surface area contributed by atoms with E-state index in [4.69, 9.17) is 4.53 Å². The van der Waals surface area contributed by atoms with E-state index in [2.05, 4.69) is 109 Å². The van der Waals surface area contributed by atoms with Crippen molar-refractivity contribution in [3.8, 4) is 0 Å². The third kappa shape index (κ3) is 4.24. The second-order valence-electron chi connectivity index (χ2n) is 11.7. The second-order valence-corrected chi connectivity index (χ2v) is 21.4. The molecule has 0 saturated heterocycles. The standard InChI is InChI=1S/C23H40N2O2Si2/c1-16(2)17-13-14-19-18(15-17)20(24-27-29(11,12)23(6,7)8)21(26)25(19)28(9,10)22(3,4)5/h13-16H,1-12H3/b24-20-. The van der Waals surface area contributed by atoms with Crippen LogP contribution in [0, 0.1) is 0 Å². The highest BCUT2D eigenvalue weighted by Gasteiger charge is 2.50. The first-order valence-electron chi connectivity index (χ1n) is 10.7. The summed E-state index contributed by atoms with van der Waals surface area (Å²) in [4.78, 5) is 13.7. The summed E-state index contributed by atoms with van der Waals surface area (Å²) in [7, 11) is -4.24. The molecular weight excluding hydrogens is 392 g/mol. The highest BCUT2D eigenvalue weighted by molar-refractivity contribution is 6.90. The van der Waals surface area contributed by atoms with Gasteiger partial charge in [-0.25, -0.2) is 0 Å². The number of amides is 1. The fourth-order valence-corrected chi connectivity index (χ4v) is 5.58. The Morgan fingerprint density at radius 1 is 0.966 bits per heavy atom. The third-order valence-electron chi connectivity index (χ3n) is 7.15. The summed E-state index contributed by atoms with van der Waals surface area (Å²) in [5.41, 5.74) is 3.60. The van der Waals surface area contributed by atoms with Gasteiger partial charge in [0.2, 0.25) is 0 Å². The number of hydrogen-bond donors (Lipinski definition) is 0. The quantitative estimate of drug-likeness (QED) is 0.384. The molecule has 0 unspecified atom stereocenters. The molecule has 0 radical (unpaired) electrons. The maximum atomic E-state index is 13.7. The van der Waals surface area contributed by atoms with Crippen LogP contribution in [0.2, 0.25) is 36.3 Å². The van der Waals surface area contributed by atoms with Crippen molar-refractivity contribution >= 4 is 33.9 Å². The number of fused-ring (bicyclic) bond motifs is 1. The molecule has 1 aromatic rings. The molecule has 0 aromatic heterocycles. The van der Waals surface area contributed by atoms with Crippen molar-refractivity contribution in [2.24, 2.45) is 5.16 Å². The minimum Gasteiger partial charge on any atom is -0.454 e. The number of oxime groups is 1. The smallest absolute Gasteiger partial charge is 0.286 e. The molecule has 0 N–H and O–H groups in total. The van der Waals surface area contributed by atoms with Gasteiger partial charge in [-0.05, 0) is 46.8 Å². The predicted molar refractivity (Wildman–Crippen MR) is 130 cm³/mol. The van der Waals surface area contributed by atoms with Gasteiger partial charge in [-0.3, -0.25) is 4.79 Å². The maximum Gasteiger partial charge on any atom is 0.286 e. The number of rotatable bonds is 4. The zero-order chi connectivity index (χ0) is 22.6. The van der Waals surface area contributed by atoms with Crippen LogP contribution in [-0.4, -0.2) is 28.2 Å². The topological polar surface area (TPSA) is 41.9 Å². The van der Waals surface area contributed by atoms with Crippen LogP contribution in [0.4, 0.5) is 5.69 Å². The van der Waals surface area contributed by atoms with Crippen LogP contribution in [0.5, 0.6) is 0 Å². The molecule has 0 aliphatic carbocycles. The van der Waals surface area contributed by atoms with E-state index in [-0.39, 0.29) is 16.0 Å². The summed E-state index contributed by atoms with van der Waals surface area (Å²) in [5.74, 6) is 0.381. The Bertz CT molecular complexity index is 828. The van der Waals surface area contributed by atoms with E-state index in [1.54, 1.807) is 0 Å². The van der Waals surface area contributed by atoms with E-state index in [0.717, 1.165) is 11.3 Å². The van der Waals surface area contributed by atoms with Crippen LogP contribution in [0.3, 0.4) is 0 Å². The first-order chi connectivity index (χ1) is 12.9. The Morgan fingerprint density at radius 2 is 1.52 bits per heavy atom. The molecule has 162 valence electrons. The van der Waals surface area contributed by atoms with Crippen LogP contribution in [0.15, 0.2) is 23.4 Å². The molecule has 0 atom stereocenters. The number of carbonyl (C=O) groups is 1. The lowest BCUT2D eigenvalue weighted by Gasteiger charge is -2.43. The van der Waals surface area contributed by atoms with Gasteiger partial charge in [0.05, 0.1) is 0 Å². The zero-order valence-electron chi connectivity index (χ0n) is 20.5. The molecule has 1 amide bonds. The lowest BCUT2D eigenvalue weighted by molar-refractivity contribution is -0.111. The Hall–Kier alpha value is -1.41. The fraction of sp³-hybridized carbons (Fsp3) is 0.652. The van der Waals surface area contributed by atoms with Gasteiger partial charge in [-0.15, -0.1) is 0 Å². The summed E-state index contributed by atoms with van der Waals surface area (Å²) < 4.78 is 8.20. The number of hydrogen-bond acceptors (Lipinski definition) is 3. The van der Waals surface area contributed by atoms with Crippen molar-refractivity contribution in [1.82, 2.24) is 0 Å². The number of carbonyl (C=O) groups excluding carboxylic acids is 1. The van der Waals surface area contributed by atoms with Crippen LogP contribution < -0.4 is 4.57 Å². The molecule has 1 heterocycles. The molecule has 0 saturated carbocycles. The van der Waals surface area contributed by atoms with Gasteiger partial charge < -0.3 is 9.09 Å². The number of anilines is 1. The van der Waals surface area contributed by atoms with Crippen LogP contribution in [0.1, 0.15) is 72.4 Å². The van der Waals surface area contributed by atoms with Gasteiger partial charge in [0, 0.05) is 11.3 Å². The Morgan fingerprint density at radius 3 is 1.97 bits per heavy atom. The molecule has 2 rings (SSSR count). The minimum atomic E-state index is -2.13. The van der Waals surface area contributed by atoms with E-state index in [0.29, 0.717) is 11.6 Å². The van der Waals surface area contributed by atoms with Crippen LogP contribution in [0.25, 0.3) is 0 Å². The van der Waals surface area contributed by atoms with Crippen molar-refractivity contribution in [2.45, 2.75) is 97.6 Å². The van der Waals surface area contributed by atoms with Gasteiger partial charge in [-0.2, -0.15) is 0 Å². The molecular formula is C23H40N2O2Si2. The van der Waals surface area contributed by atoms with E-state index >= 15 is 0 Å². The fourth-order valence-electron chi connectivity index (χ4n) is 2.90. The molecule has 0 spiro atoms. The molecule has 1 aliphatic rings. The summed E-state index contributed by atoms with van der Waals surface area (Å²) in [6.45, 7) is 26.4. The highest BCUT2D eigenvalue weighted by Crippen LogP contribution is 2.45. The summed E-state index contributed by atoms with van der Waals surface area (Å²) in [6, 6.07) is 6.39. The van der Waals surface area contributed by atoms with Gasteiger partial charge in [-0.1, -0.05) is 79.7 Å². The Balaban J connectivity index is 2.65. The number of benzene rings is 1. The Labute approximate surface area is 179 Å². The zero-order valence-corrected chi connectivity index (χ0v) is 22.5. The molecule has 0 fully saturated rings. The maximum absolute atomic E-state index is 13.7. The van der Waals surface area contributed by atoms with E-state index in [9.17, 15) is 4.79 Å². The molecule has 4 nitrogen and oxygen atoms in total. The molecule has 1 aromatic carbocycles.